The second-order valence-corrected chi connectivity index (χ2v) is 7.44. The predicted octanol–water partition coefficient (Wildman–Crippen LogP) is 2.27. The van der Waals surface area contributed by atoms with Crippen LogP contribution in [0.15, 0.2) is 48.5 Å². The normalized spacial score (nSPS) is 26.8. The number of nitro groups is 1. The Kier molecular flexibility index (Phi) is 3.97. The third-order valence-corrected chi connectivity index (χ3v) is 5.92. The SMILES string of the molecule is O=C1[C@@H]2[C@@H](C(=O)N1c1cccc([N+](=O)[O-])c1)N1CCCN1[C@H]2c1ccc(F)cc1. The molecule has 3 saturated heterocycles. The summed E-state index contributed by atoms with van der Waals surface area (Å²) in [5.41, 5.74) is 0.790. The highest BCUT2D eigenvalue weighted by Crippen LogP contribution is 2.49. The van der Waals surface area contributed by atoms with Crippen molar-refractivity contribution in [1.29, 1.82) is 0 Å². The van der Waals surface area contributed by atoms with Gasteiger partial charge in [0.05, 0.1) is 22.6 Å². The number of hydrogen-bond donors (Lipinski definition) is 0. The van der Waals surface area contributed by atoms with Crippen LogP contribution in [0.3, 0.4) is 0 Å². The lowest BCUT2D eigenvalue weighted by Crippen LogP contribution is -2.44. The van der Waals surface area contributed by atoms with E-state index in [1.54, 1.807) is 12.1 Å². The molecule has 3 aliphatic heterocycles. The van der Waals surface area contributed by atoms with E-state index in [-0.39, 0.29) is 35.0 Å². The molecule has 2 aromatic rings. The van der Waals surface area contributed by atoms with Crippen LogP contribution >= 0.6 is 0 Å². The molecule has 9 heteroatoms. The number of carbonyl (C=O) groups is 2. The van der Waals surface area contributed by atoms with Gasteiger partial charge < -0.3 is 0 Å². The summed E-state index contributed by atoms with van der Waals surface area (Å²) < 4.78 is 13.4. The molecule has 2 amide bonds. The number of anilines is 1. The molecule has 0 spiro atoms. The summed E-state index contributed by atoms with van der Waals surface area (Å²) in [5.74, 6) is -1.78. The number of benzene rings is 2. The molecule has 0 aromatic heterocycles. The molecule has 148 valence electrons. The van der Waals surface area contributed by atoms with Gasteiger partial charge >= 0.3 is 0 Å². The Hall–Kier alpha value is -3.17. The van der Waals surface area contributed by atoms with Gasteiger partial charge in [0.25, 0.3) is 11.6 Å². The lowest BCUT2D eigenvalue weighted by Gasteiger charge is -2.29. The maximum Gasteiger partial charge on any atom is 0.271 e. The predicted molar refractivity (Wildman–Crippen MR) is 100 cm³/mol. The molecule has 0 radical (unpaired) electrons. The first-order valence-electron chi connectivity index (χ1n) is 9.38. The Morgan fingerprint density at radius 3 is 2.34 bits per heavy atom. The van der Waals surface area contributed by atoms with E-state index in [4.69, 9.17) is 0 Å². The molecule has 5 rings (SSSR count). The molecular formula is C20H17FN4O4. The molecule has 8 nitrogen and oxygen atoms in total. The summed E-state index contributed by atoms with van der Waals surface area (Å²) in [4.78, 5) is 38.2. The van der Waals surface area contributed by atoms with Gasteiger partial charge in [-0.25, -0.2) is 19.3 Å². The monoisotopic (exact) mass is 396 g/mol. The first kappa shape index (κ1) is 17.9. The summed E-state index contributed by atoms with van der Waals surface area (Å²) in [6, 6.07) is 10.5. The van der Waals surface area contributed by atoms with Crippen LogP contribution in [0.25, 0.3) is 0 Å². The van der Waals surface area contributed by atoms with Gasteiger partial charge in [-0.15, -0.1) is 0 Å². The standard InChI is InChI=1S/C20H17FN4O4/c21-13-7-5-12(6-8-13)17-16-18(23-10-2-9-22(17)23)20(27)24(19(16)26)14-3-1-4-15(11-14)25(28)29/h1,3-8,11,16-18H,2,9-10H2/t16-,17-,18-/m0/s1. The van der Waals surface area contributed by atoms with E-state index in [0.29, 0.717) is 13.1 Å². The minimum Gasteiger partial charge on any atom is -0.274 e. The highest BCUT2D eigenvalue weighted by Gasteiger charge is 2.62. The minimum absolute atomic E-state index is 0.182. The van der Waals surface area contributed by atoms with Gasteiger partial charge in [0.15, 0.2) is 0 Å². The van der Waals surface area contributed by atoms with Crippen LogP contribution in [0.5, 0.6) is 0 Å². The Bertz CT molecular complexity index is 1030. The van der Waals surface area contributed by atoms with E-state index < -0.39 is 16.9 Å². The van der Waals surface area contributed by atoms with Crippen LogP contribution in [0.2, 0.25) is 0 Å². The summed E-state index contributed by atoms with van der Waals surface area (Å²) in [6.45, 7) is 1.37. The zero-order valence-corrected chi connectivity index (χ0v) is 15.3. The summed E-state index contributed by atoms with van der Waals surface area (Å²) in [5, 5.41) is 15.1. The zero-order chi connectivity index (χ0) is 20.3. The van der Waals surface area contributed by atoms with Crippen molar-refractivity contribution in [2.45, 2.75) is 18.5 Å². The largest absolute Gasteiger partial charge is 0.274 e. The number of hydrazine groups is 1. The molecule has 2 aromatic carbocycles. The lowest BCUT2D eigenvalue weighted by molar-refractivity contribution is -0.384. The van der Waals surface area contributed by atoms with Crippen LogP contribution in [0, 0.1) is 21.8 Å². The number of halogens is 1. The summed E-state index contributed by atoms with van der Waals surface area (Å²) in [6.07, 6.45) is 0.860. The maximum atomic E-state index is 13.4. The third-order valence-electron chi connectivity index (χ3n) is 5.92. The van der Waals surface area contributed by atoms with Gasteiger partial charge in [0, 0.05) is 25.2 Å². The smallest absolute Gasteiger partial charge is 0.271 e. The molecule has 3 aliphatic rings. The molecule has 0 N–H and O–H groups in total. The molecule has 29 heavy (non-hydrogen) atoms. The average Bonchev–Trinajstić information content (AvgIpc) is 3.35. The molecule has 0 unspecified atom stereocenters. The van der Waals surface area contributed by atoms with Crippen molar-refractivity contribution in [3.8, 4) is 0 Å². The van der Waals surface area contributed by atoms with E-state index in [0.717, 1.165) is 16.9 Å². The summed E-state index contributed by atoms with van der Waals surface area (Å²) in [7, 11) is 0. The van der Waals surface area contributed by atoms with Crippen molar-refractivity contribution in [3.05, 3.63) is 70.0 Å². The number of carbonyl (C=O) groups excluding carboxylic acids is 2. The Labute approximate surface area is 165 Å². The molecule has 0 aliphatic carbocycles. The number of amides is 2. The fourth-order valence-electron chi connectivity index (χ4n) is 4.77. The lowest BCUT2D eigenvalue weighted by atomic mass is 9.90. The van der Waals surface area contributed by atoms with Crippen molar-refractivity contribution >= 4 is 23.2 Å². The first-order chi connectivity index (χ1) is 14.0. The third kappa shape index (κ3) is 2.58. The Morgan fingerprint density at radius 1 is 0.966 bits per heavy atom. The Morgan fingerprint density at radius 2 is 1.66 bits per heavy atom. The number of rotatable bonds is 3. The second-order valence-electron chi connectivity index (χ2n) is 7.44. The number of fused-ring (bicyclic) bond motifs is 3. The molecule has 3 atom stereocenters. The van der Waals surface area contributed by atoms with Crippen molar-refractivity contribution < 1.29 is 18.9 Å². The molecule has 3 heterocycles. The fourth-order valence-corrected chi connectivity index (χ4v) is 4.77. The van der Waals surface area contributed by atoms with Crippen LogP contribution < -0.4 is 4.90 Å². The highest BCUT2D eigenvalue weighted by atomic mass is 19.1. The summed E-state index contributed by atoms with van der Waals surface area (Å²) >= 11 is 0. The Balaban J connectivity index is 1.57. The molecule has 0 bridgehead atoms. The molecule has 0 saturated carbocycles. The van der Waals surface area contributed by atoms with Crippen molar-refractivity contribution in [1.82, 2.24) is 10.0 Å². The minimum atomic E-state index is -0.653. The van der Waals surface area contributed by atoms with Crippen molar-refractivity contribution in [3.63, 3.8) is 0 Å². The van der Waals surface area contributed by atoms with Gasteiger partial charge in [-0.2, -0.15) is 0 Å². The van der Waals surface area contributed by atoms with Crippen molar-refractivity contribution in [2.75, 3.05) is 18.0 Å². The van der Waals surface area contributed by atoms with Gasteiger partial charge in [-0.1, -0.05) is 18.2 Å². The average molecular weight is 396 g/mol. The number of hydrogen-bond acceptors (Lipinski definition) is 6. The second kappa shape index (κ2) is 6.43. The van der Waals surface area contributed by atoms with E-state index in [1.807, 2.05) is 10.0 Å². The van der Waals surface area contributed by atoms with Gasteiger partial charge in [-0.05, 0) is 30.2 Å². The van der Waals surface area contributed by atoms with Crippen LogP contribution in [0.1, 0.15) is 18.0 Å². The molecule has 3 fully saturated rings. The van der Waals surface area contributed by atoms with E-state index in [9.17, 15) is 24.1 Å². The van der Waals surface area contributed by atoms with Crippen molar-refractivity contribution in [2.24, 2.45) is 5.92 Å². The maximum absolute atomic E-state index is 13.4. The highest BCUT2D eigenvalue weighted by molar-refractivity contribution is 6.24. The first-order valence-corrected chi connectivity index (χ1v) is 9.38. The van der Waals surface area contributed by atoms with E-state index >= 15 is 0 Å². The van der Waals surface area contributed by atoms with Gasteiger partial charge in [0.2, 0.25) is 5.91 Å². The number of imide groups is 1. The topological polar surface area (TPSA) is 87.0 Å². The fraction of sp³-hybridized carbons (Fsp3) is 0.300. The van der Waals surface area contributed by atoms with Gasteiger partial charge in [-0.3, -0.25) is 19.7 Å². The number of non-ortho nitro benzene ring substituents is 1. The van der Waals surface area contributed by atoms with E-state index in [2.05, 4.69) is 0 Å². The van der Waals surface area contributed by atoms with Crippen LogP contribution in [-0.2, 0) is 9.59 Å². The number of nitro benzene ring substituents is 1. The number of nitrogens with zero attached hydrogens (tertiary/aromatic N) is 4. The van der Waals surface area contributed by atoms with Crippen LogP contribution in [0.4, 0.5) is 15.8 Å². The van der Waals surface area contributed by atoms with E-state index in [1.165, 1.54) is 36.4 Å². The zero-order valence-electron chi connectivity index (χ0n) is 15.3. The molecular weight excluding hydrogens is 379 g/mol. The quantitative estimate of drug-likeness (QED) is 0.449. The van der Waals surface area contributed by atoms with Crippen LogP contribution in [-0.4, -0.2) is 45.9 Å². The van der Waals surface area contributed by atoms with Gasteiger partial charge in [0.1, 0.15) is 11.9 Å².